The van der Waals surface area contributed by atoms with Crippen molar-refractivity contribution in [1.82, 2.24) is 9.78 Å². The van der Waals surface area contributed by atoms with Gasteiger partial charge in [0.25, 0.3) is 0 Å². The molecule has 0 fully saturated rings. The van der Waals surface area contributed by atoms with E-state index in [1.54, 1.807) is 18.0 Å². The first-order valence-electron chi connectivity index (χ1n) is 5.85. The second-order valence-electron chi connectivity index (χ2n) is 3.81. The molecule has 2 aromatic rings. The monoisotopic (exact) mass is 247 g/mol. The fourth-order valence-corrected chi connectivity index (χ4v) is 1.53. The molecule has 0 bridgehead atoms. The lowest BCUT2D eigenvalue weighted by Crippen LogP contribution is -2.05. The summed E-state index contributed by atoms with van der Waals surface area (Å²) in [6.07, 6.45) is 4.38. The number of hydrogen-bond acceptors (Lipinski definition) is 4. The molecule has 0 radical (unpaired) electrons. The van der Waals surface area contributed by atoms with Crippen molar-refractivity contribution >= 4 is 0 Å². The highest BCUT2D eigenvalue weighted by atomic mass is 16.5. The normalized spacial score (nSPS) is 10.3. The zero-order chi connectivity index (χ0) is 12.8. The Balaban J connectivity index is 2.04. The molecular weight excluding hydrogens is 230 g/mol. The van der Waals surface area contributed by atoms with Gasteiger partial charge in [0.2, 0.25) is 0 Å². The van der Waals surface area contributed by atoms with E-state index in [2.05, 4.69) is 5.10 Å². The summed E-state index contributed by atoms with van der Waals surface area (Å²) < 4.78 is 12.4. The lowest BCUT2D eigenvalue weighted by molar-refractivity contribution is 0.313. The molecule has 0 aliphatic rings. The quantitative estimate of drug-likeness (QED) is 0.788. The van der Waals surface area contributed by atoms with Crippen LogP contribution in [0.25, 0.3) is 5.69 Å². The lowest BCUT2D eigenvalue weighted by Gasteiger charge is -2.03. The molecule has 96 valence electrons. The van der Waals surface area contributed by atoms with Gasteiger partial charge >= 0.3 is 0 Å². The summed E-state index contributed by atoms with van der Waals surface area (Å²) in [6, 6.07) is 7.67. The van der Waals surface area contributed by atoms with E-state index in [4.69, 9.17) is 15.2 Å². The maximum Gasteiger partial charge on any atom is 0.157 e. The molecule has 0 saturated carbocycles. The van der Waals surface area contributed by atoms with Crippen LogP contribution in [0.1, 0.15) is 6.42 Å². The van der Waals surface area contributed by atoms with Crippen molar-refractivity contribution < 1.29 is 9.47 Å². The molecule has 5 heteroatoms. The van der Waals surface area contributed by atoms with Crippen LogP contribution in [0.3, 0.4) is 0 Å². The van der Waals surface area contributed by atoms with Crippen LogP contribution in [-0.2, 0) is 0 Å². The minimum Gasteiger partial charge on any atom is -0.497 e. The number of nitrogens with zero attached hydrogens (tertiary/aromatic N) is 2. The number of methoxy groups -OCH3 is 1. The van der Waals surface area contributed by atoms with Gasteiger partial charge in [0.1, 0.15) is 5.75 Å². The van der Waals surface area contributed by atoms with E-state index in [0.29, 0.717) is 13.2 Å². The molecule has 0 aliphatic heterocycles. The average Bonchev–Trinajstić information content (AvgIpc) is 2.88. The highest BCUT2D eigenvalue weighted by Crippen LogP contribution is 2.17. The van der Waals surface area contributed by atoms with Crippen LogP contribution in [0, 0.1) is 0 Å². The van der Waals surface area contributed by atoms with Crippen molar-refractivity contribution in [3.05, 3.63) is 36.7 Å². The average molecular weight is 247 g/mol. The van der Waals surface area contributed by atoms with Crippen LogP contribution in [0.5, 0.6) is 11.5 Å². The molecule has 0 unspecified atom stereocenters. The first-order valence-corrected chi connectivity index (χ1v) is 5.85. The molecule has 1 aromatic heterocycles. The Morgan fingerprint density at radius 3 is 2.67 bits per heavy atom. The maximum absolute atomic E-state index is 5.51. The number of hydrogen-bond donors (Lipinski definition) is 1. The predicted molar refractivity (Wildman–Crippen MR) is 69.3 cm³/mol. The summed E-state index contributed by atoms with van der Waals surface area (Å²) in [6.45, 7) is 1.25. The molecule has 0 saturated heterocycles. The minimum absolute atomic E-state index is 0.616. The maximum atomic E-state index is 5.51. The Hall–Kier alpha value is -2.01. The summed E-state index contributed by atoms with van der Waals surface area (Å²) in [5.41, 5.74) is 6.37. The Bertz CT molecular complexity index is 479. The van der Waals surface area contributed by atoms with Gasteiger partial charge in [0.15, 0.2) is 5.75 Å². The molecule has 18 heavy (non-hydrogen) atoms. The fraction of sp³-hybridized carbons (Fsp3) is 0.308. The van der Waals surface area contributed by atoms with Gasteiger partial charge in [-0.05, 0) is 37.2 Å². The summed E-state index contributed by atoms with van der Waals surface area (Å²) >= 11 is 0. The topological polar surface area (TPSA) is 62.3 Å². The van der Waals surface area contributed by atoms with Crippen molar-refractivity contribution in [2.45, 2.75) is 6.42 Å². The van der Waals surface area contributed by atoms with Gasteiger partial charge < -0.3 is 15.2 Å². The van der Waals surface area contributed by atoms with Crippen LogP contribution in [0.15, 0.2) is 36.7 Å². The number of benzene rings is 1. The minimum atomic E-state index is 0.616. The van der Waals surface area contributed by atoms with Gasteiger partial charge in [0.05, 0.1) is 31.8 Å². The number of aromatic nitrogens is 2. The van der Waals surface area contributed by atoms with Gasteiger partial charge in [-0.15, -0.1) is 0 Å². The lowest BCUT2D eigenvalue weighted by atomic mass is 10.3. The molecule has 1 aromatic carbocycles. The molecule has 2 N–H and O–H groups in total. The Morgan fingerprint density at radius 1 is 1.22 bits per heavy atom. The molecule has 0 atom stereocenters. The fourth-order valence-electron chi connectivity index (χ4n) is 1.53. The highest BCUT2D eigenvalue weighted by Gasteiger charge is 2.02. The molecule has 5 nitrogen and oxygen atoms in total. The molecule has 1 heterocycles. The number of nitrogens with two attached hydrogens (primary N) is 1. The van der Waals surface area contributed by atoms with Crippen molar-refractivity contribution in [2.75, 3.05) is 20.3 Å². The van der Waals surface area contributed by atoms with Gasteiger partial charge in [-0.25, -0.2) is 4.68 Å². The second-order valence-corrected chi connectivity index (χ2v) is 3.81. The van der Waals surface area contributed by atoms with E-state index in [0.717, 1.165) is 23.6 Å². The summed E-state index contributed by atoms with van der Waals surface area (Å²) in [5, 5.41) is 4.24. The largest absolute Gasteiger partial charge is 0.497 e. The van der Waals surface area contributed by atoms with E-state index < -0.39 is 0 Å². The van der Waals surface area contributed by atoms with Gasteiger partial charge in [-0.2, -0.15) is 5.10 Å². The smallest absolute Gasteiger partial charge is 0.157 e. The van der Waals surface area contributed by atoms with Crippen molar-refractivity contribution in [2.24, 2.45) is 5.73 Å². The molecule has 0 aliphatic carbocycles. The zero-order valence-corrected chi connectivity index (χ0v) is 10.4. The van der Waals surface area contributed by atoms with Crippen molar-refractivity contribution in [1.29, 1.82) is 0 Å². The van der Waals surface area contributed by atoms with Gasteiger partial charge in [-0.3, -0.25) is 0 Å². The van der Waals surface area contributed by atoms with Crippen LogP contribution in [0.2, 0.25) is 0 Å². The third-order valence-electron chi connectivity index (χ3n) is 2.51. The third-order valence-corrected chi connectivity index (χ3v) is 2.51. The van der Waals surface area contributed by atoms with Crippen LogP contribution < -0.4 is 15.2 Å². The first kappa shape index (κ1) is 12.4. The number of rotatable bonds is 6. The summed E-state index contributed by atoms with van der Waals surface area (Å²) in [5.74, 6) is 1.57. The van der Waals surface area contributed by atoms with Gasteiger partial charge in [-0.1, -0.05) is 0 Å². The standard InChI is InChI=1S/C13H17N3O2/c1-17-12-5-3-11(4-6-12)16-10-13(9-15-16)18-8-2-7-14/h3-6,9-10H,2,7-8,14H2,1H3. The van der Waals surface area contributed by atoms with E-state index in [1.807, 2.05) is 30.5 Å². The molecule has 2 rings (SSSR count). The van der Waals surface area contributed by atoms with Crippen LogP contribution in [-0.4, -0.2) is 30.0 Å². The van der Waals surface area contributed by atoms with Crippen LogP contribution >= 0.6 is 0 Å². The number of ether oxygens (including phenoxy) is 2. The third kappa shape index (κ3) is 3.01. The SMILES string of the molecule is COc1ccc(-n2cc(OCCCN)cn2)cc1. The van der Waals surface area contributed by atoms with Crippen molar-refractivity contribution in [3.63, 3.8) is 0 Å². The zero-order valence-electron chi connectivity index (χ0n) is 10.4. The highest BCUT2D eigenvalue weighted by molar-refractivity contribution is 5.37. The molecule has 0 amide bonds. The Labute approximate surface area is 106 Å². The van der Waals surface area contributed by atoms with Crippen LogP contribution in [0.4, 0.5) is 0 Å². The Kier molecular flexibility index (Phi) is 4.20. The second kappa shape index (κ2) is 6.07. The van der Waals surface area contributed by atoms with E-state index in [1.165, 1.54) is 0 Å². The first-order chi connectivity index (χ1) is 8.83. The summed E-state index contributed by atoms with van der Waals surface area (Å²) in [7, 11) is 1.65. The predicted octanol–water partition coefficient (Wildman–Crippen LogP) is 1.61. The molecule has 0 spiro atoms. The van der Waals surface area contributed by atoms with Crippen molar-refractivity contribution in [3.8, 4) is 17.2 Å². The van der Waals surface area contributed by atoms with Gasteiger partial charge in [0, 0.05) is 0 Å². The van der Waals surface area contributed by atoms with E-state index >= 15 is 0 Å². The molecular formula is C13H17N3O2. The van der Waals surface area contributed by atoms with E-state index in [-0.39, 0.29) is 0 Å². The Morgan fingerprint density at radius 2 is 2.00 bits per heavy atom. The summed E-state index contributed by atoms with van der Waals surface area (Å²) in [4.78, 5) is 0. The van der Waals surface area contributed by atoms with E-state index in [9.17, 15) is 0 Å².